The summed E-state index contributed by atoms with van der Waals surface area (Å²) in [4.78, 5) is 14.5. The van der Waals surface area contributed by atoms with Crippen LogP contribution in [0.5, 0.6) is 17.2 Å². The zero-order valence-electron chi connectivity index (χ0n) is 20.4. The van der Waals surface area contributed by atoms with E-state index in [0.29, 0.717) is 28.4 Å². The largest absolute Gasteiger partial charge is 0.493 e. The van der Waals surface area contributed by atoms with E-state index >= 15 is 0 Å². The number of amides is 1. The number of fused-ring (bicyclic) bond motifs is 1. The van der Waals surface area contributed by atoms with Gasteiger partial charge in [0.05, 0.1) is 19.1 Å². The molecule has 0 aromatic heterocycles. The Kier molecular flexibility index (Phi) is 7.07. The van der Waals surface area contributed by atoms with Crippen molar-refractivity contribution in [3.8, 4) is 17.2 Å². The number of hydrogen-bond donors (Lipinski definition) is 1. The minimum Gasteiger partial charge on any atom is -0.493 e. The molecule has 190 valence electrons. The summed E-state index contributed by atoms with van der Waals surface area (Å²) in [5.41, 5.74) is 1.98. The van der Waals surface area contributed by atoms with Crippen LogP contribution in [0.3, 0.4) is 0 Å². The average Bonchev–Trinajstić information content (AvgIpc) is 2.96. The number of hydrogen-bond acceptors (Lipinski definition) is 6. The standard InChI is InChI=1S/C26H27FN2O6S/c1-16-8-10-21(13-22(16)27)36(31,32)28-20-9-11-23-19(12-20)15-29(26(30)17(2)35-23)14-18-6-5-7-24(33-3)25(18)34-4/h5-13,17,28H,14-15H2,1-4H3/t17-/m1/s1. The number of nitrogens with one attached hydrogen (secondary N) is 1. The summed E-state index contributed by atoms with van der Waals surface area (Å²) in [7, 11) is -0.958. The summed E-state index contributed by atoms with van der Waals surface area (Å²) in [5, 5.41) is 0. The highest BCUT2D eigenvalue weighted by atomic mass is 32.2. The highest BCUT2D eigenvalue weighted by Gasteiger charge is 2.29. The lowest BCUT2D eigenvalue weighted by Crippen LogP contribution is -2.37. The van der Waals surface area contributed by atoms with Crippen molar-refractivity contribution in [3.05, 3.63) is 77.1 Å². The molecule has 0 unspecified atom stereocenters. The van der Waals surface area contributed by atoms with Crippen LogP contribution in [0.25, 0.3) is 0 Å². The molecule has 3 aromatic carbocycles. The minimum absolute atomic E-state index is 0.174. The molecule has 0 saturated heterocycles. The first-order valence-electron chi connectivity index (χ1n) is 11.2. The van der Waals surface area contributed by atoms with E-state index in [4.69, 9.17) is 14.2 Å². The molecule has 1 N–H and O–H groups in total. The van der Waals surface area contributed by atoms with Crippen molar-refractivity contribution in [2.75, 3.05) is 18.9 Å². The van der Waals surface area contributed by atoms with E-state index in [0.717, 1.165) is 11.6 Å². The maximum Gasteiger partial charge on any atom is 0.263 e. The molecule has 4 rings (SSSR count). The smallest absolute Gasteiger partial charge is 0.263 e. The van der Waals surface area contributed by atoms with Gasteiger partial charge in [-0.3, -0.25) is 9.52 Å². The third kappa shape index (κ3) is 5.08. The predicted molar refractivity (Wildman–Crippen MR) is 132 cm³/mol. The number of benzene rings is 3. The Morgan fingerprint density at radius 1 is 1.11 bits per heavy atom. The van der Waals surface area contributed by atoms with Gasteiger partial charge in [-0.15, -0.1) is 0 Å². The highest BCUT2D eigenvalue weighted by Crippen LogP contribution is 2.34. The van der Waals surface area contributed by atoms with Gasteiger partial charge in [0.1, 0.15) is 11.6 Å². The van der Waals surface area contributed by atoms with Crippen molar-refractivity contribution in [1.82, 2.24) is 4.90 Å². The molecule has 1 aliphatic rings. The van der Waals surface area contributed by atoms with E-state index in [2.05, 4.69) is 4.72 Å². The molecule has 1 heterocycles. The van der Waals surface area contributed by atoms with Crippen LogP contribution in [0, 0.1) is 12.7 Å². The molecular weight excluding hydrogens is 487 g/mol. The number of rotatable bonds is 7. The second-order valence-corrected chi connectivity index (χ2v) is 10.1. The van der Waals surface area contributed by atoms with Crippen LogP contribution in [0.1, 0.15) is 23.6 Å². The molecule has 0 aliphatic carbocycles. The first-order chi connectivity index (χ1) is 17.1. The lowest BCUT2D eigenvalue weighted by molar-refractivity contribution is -0.138. The third-order valence-corrected chi connectivity index (χ3v) is 7.32. The van der Waals surface area contributed by atoms with Gasteiger partial charge in [0.2, 0.25) is 0 Å². The molecule has 36 heavy (non-hydrogen) atoms. The Morgan fingerprint density at radius 2 is 1.89 bits per heavy atom. The second-order valence-electron chi connectivity index (χ2n) is 8.45. The van der Waals surface area contributed by atoms with Crippen LogP contribution in [0.15, 0.2) is 59.5 Å². The molecule has 8 nitrogen and oxygen atoms in total. The Bertz CT molecular complexity index is 1410. The number of anilines is 1. The molecule has 0 spiro atoms. The number of para-hydroxylation sites is 1. The van der Waals surface area contributed by atoms with Gasteiger partial charge in [-0.25, -0.2) is 12.8 Å². The second kappa shape index (κ2) is 10.1. The zero-order valence-corrected chi connectivity index (χ0v) is 21.2. The Labute approximate surface area is 209 Å². The van der Waals surface area contributed by atoms with E-state index < -0.39 is 21.9 Å². The first-order valence-corrected chi connectivity index (χ1v) is 12.7. The van der Waals surface area contributed by atoms with E-state index in [-0.39, 0.29) is 29.6 Å². The van der Waals surface area contributed by atoms with Gasteiger partial charge >= 0.3 is 0 Å². The van der Waals surface area contributed by atoms with Crippen molar-refractivity contribution in [3.63, 3.8) is 0 Å². The third-order valence-electron chi connectivity index (χ3n) is 5.94. The molecule has 0 fully saturated rings. The fourth-order valence-corrected chi connectivity index (χ4v) is 5.10. The van der Waals surface area contributed by atoms with Gasteiger partial charge in [-0.05, 0) is 55.8 Å². The molecule has 1 amide bonds. The molecule has 3 aromatic rings. The van der Waals surface area contributed by atoms with Gasteiger partial charge in [0.25, 0.3) is 15.9 Å². The number of carbonyl (C=O) groups excluding carboxylic acids is 1. The van der Waals surface area contributed by atoms with Crippen LogP contribution in [0.4, 0.5) is 10.1 Å². The fourth-order valence-electron chi connectivity index (χ4n) is 4.04. The molecule has 1 aliphatic heterocycles. The fraction of sp³-hybridized carbons (Fsp3) is 0.269. The molecular formula is C26H27FN2O6S. The van der Waals surface area contributed by atoms with Gasteiger partial charge in [0, 0.05) is 29.9 Å². The molecule has 0 bridgehead atoms. The quantitative estimate of drug-likeness (QED) is 0.506. The summed E-state index contributed by atoms with van der Waals surface area (Å²) in [6.07, 6.45) is -0.749. The summed E-state index contributed by atoms with van der Waals surface area (Å²) in [6, 6.07) is 13.9. The monoisotopic (exact) mass is 514 g/mol. The SMILES string of the molecule is COc1cccc(CN2Cc3cc(NS(=O)(=O)c4ccc(C)c(F)c4)ccc3O[C@H](C)C2=O)c1OC. The summed E-state index contributed by atoms with van der Waals surface area (Å²) < 4.78 is 58.9. The van der Waals surface area contributed by atoms with Crippen LogP contribution in [0.2, 0.25) is 0 Å². The van der Waals surface area contributed by atoms with Crippen molar-refractivity contribution in [1.29, 1.82) is 0 Å². The maximum atomic E-state index is 14.0. The number of sulfonamides is 1. The lowest BCUT2D eigenvalue weighted by Gasteiger charge is -2.24. The van der Waals surface area contributed by atoms with Gasteiger partial charge in [-0.1, -0.05) is 18.2 Å². The minimum atomic E-state index is -4.03. The van der Waals surface area contributed by atoms with Crippen LogP contribution in [-0.2, 0) is 27.9 Å². The normalized spacial score (nSPS) is 15.5. The number of aryl methyl sites for hydroxylation is 1. The molecule has 0 radical (unpaired) electrons. The van der Waals surface area contributed by atoms with Gasteiger partial charge in [0.15, 0.2) is 17.6 Å². The maximum absolute atomic E-state index is 14.0. The van der Waals surface area contributed by atoms with Crippen molar-refractivity contribution >= 4 is 21.6 Å². The summed E-state index contributed by atoms with van der Waals surface area (Å²) in [5.74, 6) is 0.710. The van der Waals surface area contributed by atoms with E-state index in [1.807, 2.05) is 12.1 Å². The number of ether oxygens (including phenoxy) is 3. The lowest BCUT2D eigenvalue weighted by atomic mass is 10.1. The average molecular weight is 515 g/mol. The molecule has 0 saturated carbocycles. The topological polar surface area (TPSA) is 94.2 Å². The number of halogens is 1. The zero-order chi connectivity index (χ0) is 26.0. The Hall–Kier alpha value is -3.79. The van der Waals surface area contributed by atoms with Crippen molar-refractivity contribution in [2.24, 2.45) is 0 Å². The summed E-state index contributed by atoms with van der Waals surface area (Å²) >= 11 is 0. The first kappa shape index (κ1) is 25.3. The Balaban J connectivity index is 1.63. The number of carbonyl (C=O) groups is 1. The van der Waals surface area contributed by atoms with E-state index in [1.54, 1.807) is 50.1 Å². The van der Waals surface area contributed by atoms with E-state index in [1.165, 1.54) is 19.2 Å². The number of methoxy groups -OCH3 is 2. The van der Waals surface area contributed by atoms with Gasteiger partial charge in [-0.2, -0.15) is 0 Å². The predicted octanol–water partition coefficient (Wildman–Crippen LogP) is 4.26. The van der Waals surface area contributed by atoms with Crippen LogP contribution in [-0.4, -0.2) is 39.5 Å². The highest BCUT2D eigenvalue weighted by molar-refractivity contribution is 7.92. The van der Waals surface area contributed by atoms with Crippen LogP contribution >= 0.6 is 0 Å². The van der Waals surface area contributed by atoms with Crippen LogP contribution < -0.4 is 18.9 Å². The van der Waals surface area contributed by atoms with Gasteiger partial charge < -0.3 is 19.1 Å². The number of nitrogens with zero attached hydrogens (tertiary/aromatic N) is 1. The van der Waals surface area contributed by atoms with Crippen molar-refractivity contribution in [2.45, 2.75) is 37.9 Å². The molecule has 10 heteroatoms. The summed E-state index contributed by atoms with van der Waals surface area (Å²) in [6.45, 7) is 3.62. The molecule has 1 atom stereocenters. The van der Waals surface area contributed by atoms with E-state index in [9.17, 15) is 17.6 Å². The van der Waals surface area contributed by atoms with Crippen molar-refractivity contribution < 1.29 is 31.8 Å². The Morgan fingerprint density at radius 3 is 2.58 bits per heavy atom.